The summed E-state index contributed by atoms with van der Waals surface area (Å²) in [5.41, 5.74) is 0.389. The van der Waals surface area contributed by atoms with E-state index in [0.717, 1.165) is 24.3 Å². The Morgan fingerprint density at radius 3 is 1.79 bits per heavy atom. The van der Waals surface area contributed by atoms with Crippen molar-refractivity contribution >= 4 is 95.2 Å². The van der Waals surface area contributed by atoms with E-state index in [1.54, 1.807) is 67.5 Å². The summed E-state index contributed by atoms with van der Waals surface area (Å²) in [5.74, 6) is -2.66. The number of rotatable bonds is 22. The Morgan fingerprint density at radius 2 is 1.26 bits per heavy atom. The number of benzene rings is 4. The van der Waals surface area contributed by atoms with E-state index in [1.165, 1.54) is 25.3 Å². The zero-order chi connectivity index (χ0) is 57.7. The van der Waals surface area contributed by atoms with Crippen molar-refractivity contribution in [2.75, 3.05) is 50.7 Å². The highest BCUT2D eigenvalue weighted by atomic mass is 32.2. The molecule has 4 aromatic carbocycles. The number of ether oxygens (including phenoxy) is 2. The minimum absolute atomic E-state index is 0.0314. The number of carbonyl (C=O) groups is 1. The number of carbonyl (C=O) groups excluding carboxylic acids is 1. The summed E-state index contributed by atoms with van der Waals surface area (Å²) in [4.78, 5) is 16.6. The van der Waals surface area contributed by atoms with Crippen molar-refractivity contribution < 1.29 is 98.7 Å². The van der Waals surface area contributed by atoms with Gasteiger partial charge in [-0.2, -0.15) is 46.7 Å². The lowest BCUT2D eigenvalue weighted by Gasteiger charge is -2.31. The van der Waals surface area contributed by atoms with Gasteiger partial charge < -0.3 is 29.4 Å². The number of aromatic nitrogens is 1. The van der Waals surface area contributed by atoms with E-state index in [-0.39, 0.29) is 85.7 Å². The molecule has 0 radical (unpaired) electrons. The predicted molar refractivity (Wildman–Crippen MR) is 283 cm³/mol. The third-order valence-electron chi connectivity index (χ3n) is 13.5. The minimum Gasteiger partial charge on any atom is -0.492 e. The van der Waals surface area contributed by atoms with E-state index in [0.29, 0.717) is 50.8 Å². The van der Waals surface area contributed by atoms with E-state index in [9.17, 15) is 79.9 Å². The van der Waals surface area contributed by atoms with Gasteiger partial charge in [-0.25, -0.2) is 4.79 Å². The number of anilines is 1. The molecule has 7 N–H and O–H groups in total. The van der Waals surface area contributed by atoms with Crippen LogP contribution in [0, 0.1) is 0 Å². The van der Waals surface area contributed by atoms with E-state index in [1.807, 2.05) is 0 Å². The monoisotopic (exact) mass is 1180 g/mol. The van der Waals surface area contributed by atoms with Crippen LogP contribution in [0.15, 0.2) is 116 Å². The summed E-state index contributed by atoms with van der Waals surface area (Å²) < 4.78 is 190. The Bertz CT molecular complexity index is 3970. The van der Waals surface area contributed by atoms with Gasteiger partial charge in [0, 0.05) is 77.5 Å². The van der Waals surface area contributed by atoms with Crippen molar-refractivity contribution in [2.45, 2.75) is 83.8 Å². The molecule has 0 fully saturated rings. The number of hydrogen-bond donors (Lipinski definition) is 7. The summed E-state index contributed by atoms with van der Waals surface area (Å²) >= 11 is 0. The fourth-order valence-corrected chi connectivity index (χ4v) is 13.3. The number of methoxy groups -OCH3 is 1. The molecule has 1 aromatic heterocycles. The molecule has 3 heterocycles. The Labute approximate surface area is 449 Å². The average Bonchev–Trinajstić information content (AvgIpc) is 4.10. The number of aromatic hydroxyl groups is 2. The number of fused-ring (bicyclic) bond motifs is 6. The van der Waals surface area contributed by atoms with Gasteiger partial charge in [0.2, 0.25) is 17.4 Å². The van der Waals surface area contributed by atoms with Crippen molar-refractivity contribution in [3.8, 4) is 11.8 Å². The van der Waals surface area contributed by atoms with Crippen molar-refractivity contribution in [3.63, 3.8) is 0 Å². The molecule has 422 valence electrons. The van der Waals surface area contributed by atoms with Gasteiger partial charge in [-0.05, 0) is 99.3 Å². The summed E-state index contributed by atoms with van der Waals surface area (Å²) in [7, 11) is -23.5. The maximum atomic E-state index is 13.0. The van der Waals surface area contributed by atoms with Gasteiger partial charge in [0.15, 0.2) is 5.71 Å². The fraction of sp³-hybridized carbons (Fsp3) is 0.347. The molecule has 24 nitrogen and oxygen atoms in total. The van der Waals surface area contributed by atoms with Gasteiger partial charge in [0.1, 0.15) is 16.3 Å². The zero-order valence-electron chi connectivity index (χ0n) is 42.4. The van der Waals surface area contributed by atoms with Crippen LogP contribution in [0.5, 0.6) is 11.8 Å². The predicted octanol–water partition coefficient (Wildman–Crippen LogP) is 5.50. The first-order valence-corrected chi connectivity index (χ1v) is 30.9. The van der Waals surface area contributed by atoms with Crippen LogP contribution < -0.4 is 9.74 Å². The SMILES string of the molecule is COCCOCCN1C(=CC=C(C)C=CC2=[N+](CCCC(=O)On3c(O)ccc3O)c3ccc4c(S(=O)(=O)O)cc(S(=O)(=O)O)cc4c3C2(C)C)C(C)(CCCS(=O)(=O)O)c2c1ccc1c(S(=O)(=O)O)cc(S(=O)(=O)O)cc21. The topological polar surface area (TPSA) is 368 Å². The zero-order valence-corrected chi connectivity index (χ0v) is 46.5. The van der Waals surface area contributed by atoms with Crippen molar-refractivity contribution in [1.82, 2.24) is 4.73 Å². The quantitative estimate of drug-likeness (QED) is 0.0195. The van der Waals surface area contributed by atoms with Gasteiger partial charge in [-0.15, -0.1) is 4.73 Å². The normalized spacial score (nSPS) is 17.7. The third kappa shape index (κ3) is 12.4. The molecule has 1 atom stereocenters. The van der Waals surface area contributed by atoms with Gasteiger partial charge in [0.25, 0.3) is 50.6 Å². The molecule has 78 heavy (non-hydrogen) atoms. The Kier molecular flexibility index (Phi) is 16.7. The lowest BCUT2D eigenvalue weighted by atomic mass is 9.75. The van der Waals surface area contributed by atoms with E-state index in [2.05, 4.69) is 0 Å². The lowest BCUT2D eigenvalue weighted by molar-refractivity contribution is -0.438. The highest BCUT2D eigenvalue weighted by Gasteiger charge is 2.47. The van der Waals surface area contributed by atoms with Crippen molar-refractivity contribution in [1.29, 1.82) is 0 Å². The van der Waals surface area contributed by atoms with Crippen LogP contribution in [0.2, 0.25) is 0 Å². The largest absolute Gasteiger partial charge is 0.492 e. The van der Waals surface area contributed by atoms with E-state index in [4.69, 9.17) is 14.3 Å². The molecule has 0 bridgehead atoms. The summed E-state index contributed by atoms with van der Waals surface area (Å²) in [6, 6.07) is 11.3. The van der Waals surface area contributed by atoms with Gasteiger partial charge in [-0.1, -0.05) is 23.8 Å². The smallest absolute Gasteiger partial charge is 0.333 e. The number of allylic oxidation sites excluding steroid dienone is 6. The first kappa shape index (κ1) is 59.6. The molecular weight excluding hydrogens is 1130 g/mol. The molecule has 0 saturated carbocycles. The fourth-order valence-electron chi connectivity index (χ4n) is 10.1. The third-order valence-corrected chi connectivity index (χ3v) is 17.8. The molecule has 2 aliphatic heterocycles. The van der Waals surface area contributed by atoms with Crippen molar-refractivity contribution in [2.24, 2.45) is 0 Å². The lowest BCUT2D eigenvalue weighted by Crippen LogP contribution is -2.31. The molecule has 0 saturated heterocycles. The summed E-state index contributed by atoms with van der Waals surface area (Å²) in [5, 5.41) is 19.8. The van der Waals surface area contributed by atoms with Gasteiger partial charge in [-0.3, -0.25) is 22.8 Å². The molecule has 2 aliphatic rings. The Balaban J connectivity index is 1.39. The van der Waals surface area contributed by atoms with Crippen LogP contribution >= 0.6 is 0 Å². The second-order valence-electron chi connectivity index (χ2n) is 19.2. The molecule has 0 aliphatic carbocycles. The maximum Gasteiger partial charge on any atom is 0.333 e. The standard InChI is InChI=1S/C49H55N3O21S5/c1-30(10-16-42-49(4,19-7-25-74(56,57)58)47-36-27-32(76(62,63)64)29-40(78(68,69)70)34(36)12-14-38(47)51(42)21-22-72-24-23-71-5)9-15-41-48(2,3)46-35-26-31(75(59,60)61)28-39(77(65,66)67)33(35)11-13-37(46)50(41)20-6-8-45(55)73-52-43(53)17-18-44(52)54/h9-18,26-29H,6-8,19-25H2,1-5H3,(H6-,53,54,56,57,58,59,60,61,62,63,64,65,66,67,68,69,70)/p+1. The van der Waals surface area contributed by atoms with Crippen LogP contribution in [0.25, 0.3) is 21.5 Å². The molecule has 0 amide bonds. The van der Waals surface area contributed by atoms with Crippen LogP contribution in [-0.4, -0.2) is 142 Å². The second-order valence-corrected chi connectivity index (χ2v) is 26.4. The first-order valence-electron chi connectivity index (χ1n) is 23.5. The maximum absolute atomic E-state index is 13.0. The first-order chi connectivity index (χ1) is 36.1. The average molecular weight is 1180 g/mol. The van der Waals surface area contributed by atoms with Crippen LogP contribution in [0.4, 0.5) is 11.4 Å². The Hall–Kier alpha value is -6.09. The summed E-state index contributed by atoms with van der Waals surface area (Å²) in [6.07, 6.45) is 6.30. The van der Waals surface area contributed by atoms with Crippen LogP contribution in [0.3, 0.4) is 0 Å². The van der Waals surface area contributed by atoms with E-state index >= 15 is 0 Å². The highest BCUT2D eigenvalue weighted by molar-refractivity contribution is 7.87. The van der Waals surface area contributed by atoms with Gasteiger partial charge >= 0.3 is 5.97 Å². The van der Waals surface area contributed by atoms with E-state index < -0.39 is 104 Å². The molecule has 7 rings (SSSR count). The minimum atomic E-state index is -5.14. The van der Waals surface area contributed by atoms with Crippen LogP contribution in [0.1, 0.15) is 64.5 Å². The number of hydrogen-bond acceptors (Lipinski definition) is 17. The van der Waals surface area contributed by atoms with Crippen LogP contribution in [-0.2, 0) is 75.7 Å². The molecule has 0 spiro atoms. The number of nitrogens with zero attached hydrogens (tertiary/aromatic N) is 3. The van der Waals surface area contributed by atoms with Crippen molar-refractivity contribution in [3.05, 3.63) is 107 Å². The molecular formula is C49H56N3O21S5+. The van der Waals surface area contributed by atoms with Gasteiger partial charge in [0.05, 0.1) is 47.2 Å². The molecule has 1 unspecified atom stereocenters. The summed E-state index contributed by atoms with van der Waals surface area (Å²) in [6.45, 7) is 7.53. The molecule has 5 aromatic rings. The Morgan fingerprint density at radius 1 is 0.692 bits per heavy atom. The highest BCUT2D eigenvalue weighted by Crippen LogP contribution is 2.54. The molecule has 29 heteroatoms. The second kappa shape index (κ2) is 21.9.